The van der Waals surface area contributed by atoms with Crippen molar-refractivity contribution in [2.75, 3.05) is 61.5 Å². The maximum atomic E-state index is 11.1. The van der Waals surface area contributed by atoms with Gasteiger partial charge in [-0.15, -0.1) is 0 Å². The second kappa shape index (κ2) is 8.26. The number of aliphatic imine (C=N–C) groups is 1. The number of hydrogen-bond donors (Lipinski definition) is 2. The summed E-state index contributed by atoms with van der Waals surface area (Å²) < 4.78 is 6.43. The van der Waals surface area contributed by atoms with Crippen molar-refractivity contribution in [3.05, 3.63) is 28.4 Å². The first-order valence-electron chi connectivity index (χ1n) is 10.1. The van der Waals surface area contributed by atoms with Crippen LogP contribution in [0.15, 0.2) is 27.8 Å². The van der Waals surface area contributed by atoms with Crippen LogP contribution in [-0.4, -0.2) is 83.3 Å². The van der Waals surface area contributed by atoms with Gasteiger partial charge in [-0.25, -0.2) is 9.78 Å². The molecule has 0 unspecified atom stereocenters. The van der Waals surface area contributed by atoms with Crippen LogP contribution in [0.25, 0.3) is 6.08 Å². The summed E-state index contributed by atoms with van der Waals surface area (Å²) in [5.74, 6) is 3.27. The molecule has 11 nitrogen and oxygen atoms in total. The van der Waals surface area contributed by atoms with Crippen molar-refractivity contribution in [1.82, 2.24) is 19.9 Å². The summed E-state index contributed by atoms with van der Waals surface area (Å²) in [6, 6.07) is 3.75. The highest BCUT2D eigenvalue weighted by atomic mass is 79.9. The molecule has 0 saturated carbocycles. The molecule has 0 aromatic carbocycles. The number of methoxy groups -OCH3 is 1. The maximum Gasteiger partial charge on any atom is 0.407 e. The Balaban J connectivity index is 1.36. The van der Waals surface area contributed by atoms with Crippen LogP contribution in [0.1, 0.15) is 5.56 Å². The zero-order valence-electron chi connectivity index (χ0n) is 17.3. The molecule has 32 heavy (non-hydrogen) atoms. The lowest BCUT2D eigenvalue weighted by Gasteiger charge is -2.34. The zero-order chi connectivity index (χ0) is 22.2. The van der Waals surface area contributed by atoms with Gasteiger partial charge >= 0.3 is 6.09 Å². The molecule has 3 aliphatic rings. The quantitative estimate of drug-likeness (QED) is 0.651. The molecule has 166 valence electrons. The average molecular weight is 501 g/mol. The summed E-state index contributed by atoms with van der Waals surface area (Å²) in [5, 5.41) is 12.3. The first-order valence-corrected chi connectivity index (χ1v) is 10.9. The van der Waals surface area contributed by atoms with E-state index < -0.39 is 6.09 Å². The van der Waals surface area contributed by atoms with E-state index in [-0.39, 0.29) is 0 Å². The number of hydrogen-bond acceptors (Lipinski definition) is 9. The van der Waals surface area contributed by atoms with E-state index in [9.17, 15) is 4.79 Å². The third kappa shape index (κ3) is 3.70. The lowest BCUT2D eigenvalue weighted by atomic mass is 10.2. The Morgan fingerprint density at radius 2 is 2.00 bits per heavy atom. The summed E-state index contributed by atoms with van der Waals surface area (Å²) in [7, 11) is 1.56. The number of amides is 1. The number of amidine groups is 1. The van der Waals surface area contributed by atoms with Crippen molar-refractivity contribution in [3.63, 3.8) is 0 Å². The molecule has 0 radical (unpaired) electrons. The second-order valence-electron chi connectivity index (χ2n) is 7.43. The van der Waals surface area contributed by atoms with Crippen LogP contribution >= 0.6 is 15.9 Å². The highest BCUT2D eigenvalue weighted by molar-refractivity contribution is 9.12. The Bertz CT molecular complexity index is 1130. The Kier molecular flexibility index (Phi) is 5.29. The van der Waals surface area contributed by atoms with E-state index in [2.05, 4.69) is 41.1 Å². The van der Waals surface area contributed by atoms with Crippen molar-refractivity contribution in [2.24, 2.45) is 4.99 Å². The summed E-state index contributed by atoms with van der Waals surface area (Å²) >= 11 is 3.56. The number of aromatic nitrogens is 3. The lowest BCUT2D eigenvalue weighted by Crippen LogP contribution is -2.48. The first kappa shape index (κ1) is 20.5. The molecule has 3 aliphatic heterocycles. The predicted molar refractivity (Wildman–Crippen MR) is 124 cm³/mol. The molecule has 12 heteroatoms. The topological polar surface area (TPSA) is 119 Å². The SMILES string of the molecule is COc1nc(N2CCN(C(=O)O)CC2)ccc1Nc1ncc2c(n1)N1CCN=C1C(Br)=C2. The van der Waals surface area contributed by atoms with Crippen LogP contribution in [0, 0.1) is 0 Å². The molecule has 0 aliphatic carbocycles. The molecule has 2 aromatic rings. The number of nitrogens with zero attached hydrogens (tertiary/aromatic N) is 7. The molecular formula is C20H21BrN8O3. The molecule has 2 N–H and O–H groups in total. The maximum absolute atomic E-state index is 11.1. The van der Waals surface area contributed by atoms with Gasteiger partial charge in [-0.2, -0.15) is 9.97 Å². The summed E-state index contributed by atoms with van der Waals surface area (Å²) in [6.45, 7) is 3.53. The van der Waals surface area contributed by atoms with Gasteiger partial charge in [0.1, 0.15) is 23.2 Å². The number of ether oxygens (including phenoxy) is 1. The lowest BCUT2D eigenvalue weighted by molar-refractivity contribution is 0.142. The summed E-state index contributed by atoms with van der Waals surface area (Å²) in [6.07, 6.45) is 2.85. The Morgan fingerprint density at radius 1 is 1.19 bits per heavy atom. The number of piperazine rings is 1. The molecule has 0 atom stereocenters. The second-order valence-corrected chi connectivity index (χ2v) is 8.28. The third-order valence-corrected chi connectivity index (χ3v) is 6.13. The van der Waals surface area contributed by atoms with E-state index in [1.54, 1.807) is 13.3 Å². The monoisotopic (exact) mass is 500 g/mol. The molecule has 1 saturated heterocycles. The number of nitrogens with one attached hydrogen (secondary N) is 1. The van der Waals surface area contributed by atoms with Gasteiger partial charge in [0.15, 0.2) is 0 Å². The van der Waals surface area contributed by atoms with E-state index in [1.165, 1.54) is 4.90 Å². The average Bonchev–Trinajstić information content (AvgIpc) is 3.31. The van der Waals surface area contributed by atoms with Gasteiger partial charge in [0.05, 0.1) is 18.1 Å². The van der Waals surface area contributed by atoms with Crippen molar-refractivity contribution >= 4 is 57.2 Å². The molecule has 1 fully saturated rings. The number of carboxylic acid groups (broad SMARTS) is 1. The fourth-order valence-corrected chi connectivity index (χ4v) is 4.51. The minimum absolute atomic E-state index is 0.413. The van der Waals surface area contributed by atoms with Gasteiger partial charge in [0.25, 0.3) is 0 Å². The van der Waals surface area contributed by atoms with E-state index in [0.717, 1.165) is 40.6 Å². The van der Waals surface area contributed by atoms with Gasteiger partial charge < -0.3 is 29.9 Å². The Labute approximate surface area is 192 Å². The summed E-state index contributed by atoms with van der Waals surface area (Å²) in [4.78, 5) is 34.9. The van der Waals surface area contributed by atoms with E-state index in [1.807, 2.05) is 23.1 Å². The molecule has 0 bridgehead atoms. The number of fused-ring (bicyclic) bond motifs is 3. The van der Waals surface area contributed by atoms with Crippen molar-refractivity contribution in [2.45, 2.75) is 0 Å². The number of anilines is 4. The minimum Gasteiger partial charge on any atom is -0.479 e. The standard InChI is InChI=1S/C20H21BrN8O3/c1-32-18-14(2-3-15(25-18)27-6-8-28(9-7-27)20(30)31)24-19-23-11-12-10-13(21)17-22-4-5-29(17)16(12)26-19/h2-3,10-11H,4-9H2,1H3,(H,30,31)(H,23,24,26). The van der Waals surface area contributed by atoms with Crippen molar-refractivity contribution in [1.29, 1.82) is 0 Å². The highest BCUT2D eigenvalue weighted by Crippen LogP contribution is 2.34. The van der Waals surface area contributed by atoms with Crippen LogP contribution in [0.2, 0.25) is 0 Å². The van der Waals surface area contributed by atoms with Crippen molar-refractivity contribution < 1.29 is 14.6 Å². The van der Waals surface area contributed by atoms with Crippen molar-refractivity contribution in [3.8, 4) is 5.88 Å². The largest absolute Gasteiger partial charge is 0.479 e. The summed E-state index contributed by atoms with van der Waals surface area (Å²) in [5.41, 5.74) is 1.56. The van der Waals surface area contributed by atoms with E-state index in [0.29, 0.717) is 43.7 Å². The molecule has 0 spiro atoms. The minimum atomic E-state index is -0.894. The van der Waals surface area contributed by atoms with E-state index in [4.69, 9.17) is 14.8 Å². The van der Waals surface area contributed by atoms with Crippen LogP contribution in [0.4, 0.5) is 28.1 Å². The zero-order valence-corrected chi connectivity index (χ0v) is 18.9. The molecule has 2 aromatic heterocycles. The van der Waals surface area contributed by atoms with Gasteiger partial charge in [-0.05, 0) is 34.1 Å². The molecular weight excluding hydrogens is 480 g/mol. The predicted octanol–water partition coefficient (Wildman–Crippen LogP) is 2.39. The third-order valence-electron chi connectivity index (χ3n) is 5.55. The van der Waals surface area contributed by atoms with Gasteiger partial charge in [-0.3, -0.25) is 4.99 Å². The Hall–Kier alpha value is -3.41. The highest BCUT2D eigenvalue weighted by Gasteiger charge is 2.29. The number of halogens is 1. The fourth-order valence-electron chi connectivity index (χ4n) is 3.92. The Morgan fingerprint density at radius 3 is 2.75 bits per heavy atom. The first-order chi connectivity index (χ1) is 15.5. The molecule has 5 heterocycles. The molecule has 1 amide bonds. The van der Waals surface area contributed by atoms with Crippen LogP contribution < -0.4 is 19.9 Å². The normalized spacial score (nSPS) is 17.4. The number of rotatable bonds is 4. The van der Waals surface area contributed by atoms with Crippen LogP contribution in [0.3, 0.4) is 0 Å². The molecule has 5 rings (SSSR count). The van der Waals surface area contributed by atoms with Crippen LogP contribution in [0.5, 0.6) is 5.88 Å². The van der Waals surface area contributed by atoms with Crippen LogP contribution in [-0.2, 0) is 0 Å². The van der Waals surface area contributed by atoms with Gasteiger partial charge in [-0.1, -0.05) is 0 Å². The number of carbonyl (C=O) groups is 1. The smallest absolute Gasteiger partial charge is 0.407 e. The van der Waals surface area contributed by atoms with Gasteiger partial charge in [0, 0.05) is 44.5 Å². The number of pyridine rings is 1. The van der Waals surface area contributed by atoms with Gasteiger partial charge in [0.2, 0.25) is 11.8 Å². The van der Waals surface area contributed by atoms with E-state index >= 15 is 0 Å². The fraction of sp³-hybridized carbons (Fsp3) is 0.350.